The first-order valence-corrected chi connectivity index (χ1v) is 3.77. The molecule has 0 radical (unpaired) electrons. The third-order valence-electron chi connectivity index (χ3n) is 1.05. The highest BCUT2D eigenvalue weighted by molar-refractivity contribution is 5.56. The standard InChI is InChI=1S/C8H16N2/c1-3-5-7-9-10-8-6-4-2/h3,5,8-9H,4,6-7H2,1-2H3/b5-3+,10-8?. The van der Waals surface area contributed by atoms with Crippen molar-refractivity contribution in [2.45, 2.75) is 26.7 Å². The predicted octanol–water partition coefficient (Wildman–Crippen LogP) is 1.94. The second kappa shape index (κ2) is 8.21. The molecule has 2 heteroatoms. The van der Waals surface area contributed by atoms with Crippen LogP contribution in [0, 0.1) is 0 Å². The lowest BCUT2D eigenvalue weighted by Gasteiger charge is -1.91. The summed E-state index contributed by atoms with van der Waals surface area (Å²) in [6.45, 7) is 4.96. The number of allylic oxidation sites excluding steroid dienone is 1. The van der Waals surface area contributed by atoms with Crippen LogP contribution in [0.4, 0.5) is 0 Å². The van der Waals surface area contributed by atoms with Crippen LogP contribution in [0.3, 0.4) is 0 Å². The smallest absolute Gasteiger partial charge is 0.0510 e. The molecule has 0 unspecified atom stereocenters. The number of unbranched alkanes of at least 4 members (excludes halogenated alkanes) is 1. The highest BCUT2D eigenvalue weighted by atomic mass is 15.3. The normalized spacial score (nSPS) is 11.4. The zero-order valence-electron chi connectivity index (χ0n) is 6.80. The van der Waals surface area contributed by atoms with Gasteiger partial charge in [-0.05, 0) is 13.3 Å². The minimum Gasteiger partial charge on any atom is -0.307 e. The maximum absolute atomic E-state index is 3.97. The van der Waals surface area contributed by atoms with E-state index < -0.39 is 0 Å². The summed E-state index contributed by atoms with van der Waals surface area (Å²) in [5.41, 5.74) is 2.90. The first-order valence-electron chi connectivity index (χ1n) is 3.77. The predicted molar refractivity (Wildman–Crippen MR) is 46.2 cm³/mol. The van der Waals surface area contributed by atoms with Crippen LogP contribution >= 0.6 is 0 Å². The zero-order valence-corrected chi connectivity index (χ0v) is 6.80. The van der Waals surface area contributed by atoms with Gasteiger partial charge in [0.2, 0.25) is 0 Å². The van der Waals surface area contributed by atoms with Gasteiger partial charge in [0.15, 0.2) is 0 Å². The Labute approximate surface area is 63.0 Å². The summed E-state index contributed by atoms with van der Waals surface area (Å²) in [4.78, 5) is 0. The summed E-state index contributed by atoms with van der Waals surface area (Å²) >= 11 is 0. The summed E-state index contributed by atoms with van der Waals surface area (Å²) in [6, 6.07) is 0. The van der Waals surface area contributed by atoms with E-state index in [1.54, 1.807) is 0 Å². The fraction of sp³-hybridized carbons (Fsp3) is 0.625. The molecule has 0 bridgehead atoms. The van der Waals surface area contributed by atoms with E-state index in [1.807, 2.05) is 25.3 Å². The van der Waals surface area contributed by atoms with Crippen molar-refractivity contribution in [3.05, 3.63) is 12.2 Å². The van der Waals surface area contributed by atoms with Gasteiger partial charge >= 0.3 is 0 Å². The van der Waals surface area contributed by atoms with Gasteiger partial charge in [-0.3, -0.25) is 0 Å². The van der Waals surface area contributed by atoms with E-state index in [1.165, 1.54) is 0 Å². The molecular formula is C8H16N2. The van der Waals surface area contributed by atoms with E-state index in [9.17, 15) is 0 Å². The van der Waals surface area contributed by atoms with E-state index in [0.29, 0.717) is 0 Å². The number of hydrazone groups is 1. The van der Waals surface area contributed by atoms with Gasteiger partial charge in [0.1, 0.15) is 0 Å². The fourth-order valence-corrected chi connectivity index (χ4v) is 0.481. The highest BCUT2D eigenvalue weighted by Gasteiger charge is 1.72. The summed E-state index contributed by atoms with van der Waals surface area (Å²) in [6.07, 6.45) is 8.16. The zero-order chi connectivity index (χ0) is 7.66. The highest BCUT2D eigenvalue weighted by Crippen LogP contribution is 1.78. The Morgan fingerprint density at radius 3 is 2.90 bits per heavy atom. The molecule has 0 amide bonds. The lowest BCUT2D eigenvalue weighted by atomic mass is 10.4. The molecule has 10 heavy (non-hydrogen) atoms. The van der Waals surface area contributed by atoms with E-state index >= 15 is 0 Å². The Morgan fingerprint density at radius 1 is 1.50 bits per heavy atom. The van der Waals surface area contributed by atoms with Gasteiger partial charge in [-0.1, -0.05) is 25.5 Å². The van der Waals surface area contributed by atoms with E-state index in [0.717, 1.165) is 19.4 Å². The number of hydrogen-bond acceptors (Lipinski definition) is 2. The minimum atomic E-state index is 0.830. The van der Waals surface area contributed by atoms with Crippen molar-refractivity contribution in [3.63, 3.8) is 0 Å². The van der Waals surface area contributed by atoms with E-state index in [2.05, 4.69) is 17.5 Å². The van der Waals surface area contributed by atoms with Crippen LogP contribution in [0.1, 0.15) is 26.7 Å². The molecule has 0 saturated heterocycles. The Bertz CT molecular complexity index is 106. The van der Waals surface area contributed by atoms with Crippen LogP contribution in [0.5, 0.6) is 0 Å². The van der Waals surface area contributed by atoms with Crippen molar-refractivity contribution in [2.75, 3.05) is 6.54 Å². The van der Waals surface area contributed by atoms with Crippen molar-refractivity contribution < 1.29 is 0 Å². The molecule has 2 nitrogen and oxygen atoms in total. The lowest BCUT2D eigenvalue weighted by Crippen LogP contribution is -2.04. The quantitative estimate of drug-likeness (QED) is 0.268. The first kappa shape index (κ1) is 9.21. The van der Waals surface area contributed by atoms with Gasteiger partial charge in [0.25, 0.3) is 0 Å². The van der Waals surface area contributed by atoms with Gasteiger partial charge in [-0.2, -0.15) is 5.10 Å². The van der Waals surface area contributed by atoms with Crippen molar-refractivity contribution in [1.29, 1.82) is 0 Å². The van der Waals surface area contributed by atoms with Crippen LogP contribution in [-0.4, -0.2) is 12.8 Å². The minimum absolute atomic E-state index is 0.830. The maximum atomic E-state index is 3.97. The monoisotopic (exact) mass is 140 g/mol. The molecule has 0 aromatic rings. The van der Waals surface area contributed by atoms with Crippen molar-refractivity contribution in [3.8, 4) is 0 Å². The van der Waals surface area contributed by atoms with Gasteiger partial charge in [0.05, 0.1) is 6.54 Å². The summed E-state index contributed by atoms with van der Waals surface area (Å²) in [5, 5.41) is 3.97. The Morgan fingerprint density at radius 2 is 2.30 bits per heavy atom. The molecule has 0 atom stereocenters. The van der Waals surface area contributed by atoms with Gasteiger partial charge in [-0.25, -0.2) is 0 Å². The van der Waals surface area contributed by atoms with Crippen LogP contribution in [-0.2, 0) is 0 Å². The topological polar surface area (TPSA) is 24.4 Å². The van der Waals surface area contributed by atoms with Crippen molar-refractivity contribution in [2.24, 2.45) is 5.10 Å². The van der Waals surface area contributed by atoms with Gasteiger partial charge in [-0.15, -0.1) is 0 Å². The second-order valence-corrected chi connectivity index (χ2v) is 2.03. The summed E-state index contributed by atoms with van der Waals surface area (Å²) < 4.78 is 0. The first-order chi connectivity index (χ1) is 4.91. The molecule has 0 aromatic heterocycles. The average Bonchev–Trinajstić information content (AvgIpc) is 1.97. The third kappa shape index (κ3) is 7.21. The molecule has 0 fully saturated rings. The Hall–Kier alpha value is -0.790. The number of hydrogen-bond donors (Lipinski definition) is 1. The average molecular weight is 140 g/mol. The molecule has 0 heterocycles. The molecule has 58 valence electrons. The molecule has 0 aromatic carbocycles. The number of nitrogens with one attached hydrogen (secondary N) is 1. The largest absolute Gasteiger partial charge is 0.307 e. The molecule has 0 saturated carbocycles. The van der Waals surface area contributed by atoms with Crippen LogP contribution in [0.15, 0.2) is 17.3 Å². The Kier molecular flexibility index (Phi) is 7.56. The van der Waals surface area contributed by atoms with Gasteiger partial charge in [0, 0.05) is 6.21 Å². The van der Waals surface area contributed by atoms with Gasteiger partial charge < -0.3 is 5.43 Å². The van der Waals surface area contributed by atoms with Crippen LogP contribution in [0.2, 0.25) is 0 Å². The molecule has 0 aliphatic carbocycles. The lowest BCUT2D eigenvalue weighted by molar-refractivity contribution is 0.821. The third-order valence-corrected chi connectivity index (χ3v) is 1.05. The van der Waals surface area contributed by atoms with Crippen molar-refractivity contribution in [1.82, 2.24) is 5.43 Å². The number of nitrogens with zero attached hydrogens (tertiary/aromatic N) is 1. The number of rotatable bonds is 5. The van der Waals surface area contributed by atoms with Crippen LogP contribution in [0.25, 0.3) is 0 Å². The van der Waals surface area contributed by atoms with Crippen LogP contribution < -0.4 is 5.43 Å². The molecule has 0 spiro atoms. The fourth-order valence-electron chi connectivity index (χ4n) is 0.481. The second-order valence-electron chi connectivity index (χ2n) is 2.03. The Balaban J connectivity index is 3.02. The molecule has 0 aliphatic rings. The molecule has 0 rings (SSSR count). The summed E-state index contributed by atoms with van der Waals surface area (Å²) in [5.74, 6) is 0. The van der Waals surface area contributed by atoms with E-state index in [4.69, 9.17) is 0 Å². The SMILES string of the molecule is C/C=C/CNN=CCCC. The molecule has 1 N–H and O–H groups in total. The molecule has 0 aliphatic heterocycles. The molecular weight excluding hydrogens is 124 g/mol. The summed E-state index contributed by atoms with van der Waals surface area (Å²) in [7, 11) is 0. The van der Waals surface area contributed by atoms with Crippen molar-refractivity contribution >= 4 is 6.21 Å². The van der Waals surface area contributed by atoms with E-state index in [-0.39, 0.29) is 0 Å². The maximum Gasteiger partial charge on any atom is 0.0510 e.